The van der Waals surface area contributed by atoms with Crippen molar-refractivity contribution in [2.24, 2.45) is 0 Å². The first-order valence-electron chi connectivity index (χ1n) is 8.46. The second-order valence-corrected chi connectivity index (χ2v) is 6.49. The molecule has 3 rings (SSSR count). The number of aromatic amines is 1. The van der Waals surface area contributed by atoms with E-state index in [0.717, 1.165) is 27.8 Å². The maximum absolute atomic E-state index is 12.5. The number of ether oxygens (including phenoxy) is 1. The zero-order valence-electron chi connectivity index (χ0n) is 15.2. The topological polar surface area (TPSA) is 62.4 Å². The summed E-state index contributed by atoms with van der Waals surface area (Å²) in [4.78, 5) is 29.3. The summed E-state index contributed by atoms with van der Waals surface area (Å²) in [6.45, 7) is 2.26. The van der Waals surface area contributed by atoms with Gasteiger partial charge in [-0.3, -0.25) is 9.59 Å². The smallest absolute Gasteiger partial charge is 0.253 e. The summed E-state index contributed by atoms with van der Waals surface area (Å²) in [7, 11) is 3.32. The van der Waals surface area contributed by atoms with Crippen molar-refractivity contribution in [3.05, 3.63) is 75.6 Å². The van der Waals surface area contributed by atoms with Crippen LogP contribution in [0.4, 0.5) is 0 Å². The van der Waals surface area contributed by atoms with Crippen molar-refractivity contribution in [3.63, 3.8) is 0 Å². The molecule has 0 radical (unpaired) electrons. The van der Waals surface area contributed by atoms with E-state index in [-0.39, 0.29) is 24.4 Å². The van der Waals surface area contributed by atoms with E-state index >= 15 is 0 Å². The van der Waals surface area contributed by atoms with E-state index in [0.29, 0.717) is 5.56 Å². The van der Waals surface area contributed by atoms with Crippen LogP contribution in [0.15, 0.2) is 53.3 Å². The van der Waals surface area contributed by atoms with Gasteiger partial charge in [0.25, 0.3) is 5.56 Å². The molecule has 0 fully saturated rings. The van der Waals surface area contributed by atoms with Gasteiger partial charge in [-0.2, -0.15) is 0 Å². The van der Waals surface area contributed by atoms with Gasteiger partial charge in [0.05, 0.1) is 20.1 Å². The van der Waals surface area contributed by atoms with Crippen LogP contribution < -0.4 is 10.3 Å². The average Bonchev–Trinajstić information content (AvgIpc) is 2.63. The number of rotatable bonds is 5. The molecule has 1 amide bonds. The van der Waals surface area contributed by atoms with Gasteiger partial charge in [0.1, 0.15) is 5.75 Å². The van der Waals surface area contributed by atoms with E-state index < -0.39 is 0 Å². The van der Waals surface area contributed by atoms with Crippen LogP contribution in [-0.2, 0) is 17.8 Å². The molecule has 5 heteroatoms. The quantitative estimate of drug-likeness (QED) is 0.769. The Balaban J connectivity index is 1.74. The van der Waals surface area contributed by atoms with Gasteiger partial charge >= 0.3 is 0 Å². The number of nitrogens with zero attached hydrogens (tertiary/aromatic N) is 1. The second kappa shape index (κ2) is 7.44. The fraction of sp³-hybridized carbons (Fsp3) is 0.238. The van der Waals surface area contributed by atoms with E-state index in [1.165, 1.54) is 0 Å². The van der Waals surface area contributed by atoms with E-state index in [9.17, 15) is 9.59 Å². The minimum absolute atomic E-state index is 0.0430. The lowest BCUT2D eigenvalue weighted by Crippen LogP contribution is -2.30. The lowest BCUT2D eigenvalue weighted by Gasteiger charge is -2.17. The first kappa shape index (κ1) is 17.7. The summed E-state index contributed by atoms with van der Waals surface area (Å²) < 4.78 is 5.12. The molecule has 0 aliphatic heterocycles. The van der Waals surface area contributed by atoms with E-state index in [4.69, 9.17) is 4.74 Å². The molecular weight excluding hydrogens is 328 g/mol. The lowest BCUT2D eigenvalue weighted by atomic mass is 10.1. The largest absolute Gasteiger partial charge is 0.497 e. The van der Waals surface area contributed by atoms with Crippen molar-refractivity contribution in [2.45, 2.75) is 19.9 Å². The molecule has 5 nitrogen and oxygen atoms in total. The maximum Gasteiger partial charge on any atom is 0.253 e. The van der Waals surface area contributed by atoms with E-state index in [1.54, 1.807) is 19.1 Å². The number of pyridine rings is 1. The van der Waals surface area contributed by atoms with Gasteiger partial charge in [-0.1, -0.05) is 24.3 Å². The first-order chi connectivity index (χ1) is 12.5. The highest BCUT2D eigenvalue weighted by atomic mass is 16.5. The Morgan fingerprint density at radius 3 is 2.54 bits per heavy atom. The monoisotopic (exact) mass is 350 g/mol. The van der Waals surface area contributed by atoms with Crippen molar-refractivity contribution < 1.29 is 9.53 Å². The Hall–Kier alpha value is -3.08. The van der Waals surface area contributed by atoms with Crippen molar-refractivity contribution >= 4 is 16.8 Å². The van der Waals surface area contributed by atoms with Crippen molar-refractivity contribution in [3.8, 4) is 5.75 Å². The predicted molar refractivity (Wildman–Crippen MR) is 102 cm³/mol. The van der Waals surface area contributed by atoms with Gasteiger partial charge in [-0.15, -0.1) is 0 Å². The van der Waals surface area contributed by atoms with E-state index in [2.05, 4.69) is 4.98 Å². The molecule has 1 N–H and O–H groups in total. The second-order valence-electron chi connectivity index (χ2n) is 6.49. The molecule has 0 aliphatic rings. The molecule has 0 saturated heterocycles. The summed E-state index contributed by atoms with van der Waals surface area (Å²) in [6.07, 6.45) is 0.283. The minimum atomic E-state index is -0.160. The molecule has 26 heavy (non-hydrogen) atoms. The molecule has 3 aromatic rings. The van der Waals surface area contributed by atoms with Gasteiger partial charge in [0, 0.05) is 18.1 Å². The van der Waals surface area contributed by atoms with Crippen LogP contribution in [-0.4, -0.2) is 29.9 Å². The lowest BCUT2D eigenvalue weighted by molar-refractivity contribution is -0.129. The van der Waals surface area contributed by atoms with Crippen LogP contribution >= 0.6 is 0 Å². The van der Waals surface area contributed by atoms with Crippen LogP contribution in [0, 0.1) is 6.92 Å². The first-order valence-corrected chi connectivity index (χ1v) is 8.46. The molecular formula is C21H22N2O3. The zero-order valence-corrected chi connectivity index (χ0v) is 15.2. The number of likely N-dealkylation sites (N-methyl/N-ethyl adjacent to an activating group) is 1. The van der Waals surface area contributed by atoms with Gasteiger partial charge < -0.3 is 14.6 Å². The van der Waals surface area contributed by atoms with Crippen molar-refractivity contribution in [1.82, 2.24) is 9.88 Å². The maximum atomic E-state index is 12.5. The fourth-order valence-corrected chi connectivity index (χ4v) is 2.87. The highest BCUT2D eigenvalue weighted by Gasteiger charge is 2.13. The van der Waals surface area contributed by atoms with Gasteiger partial charge in [-0.05, 0) is 47.7 Å². The molecule has 134 valence electrons. The number of amides is 1. The molecule has 0 bridgehead atoms. The summed E-state index contributed by atoms with van der Waals surface area (Å²) in [5, 5.41) is 0.959. The minimum Gasteiger partial charge on any atom is -0.497 e. The number of nitrogens with one attached hydrogen (secondary N) is 1. The number of carbonyl (C=O) groups excluding carboxylic acids is 1. The van der Waals surface area contributed by atoms with Gasteiger partial charge in [0.2, 0.25) is 5.91 Å². The summed E-state index contributed by atoms with van der Waals surface area (Å²) in [5.74, 6) is 0.714. The number of hydrogen-bond acceptors (Lipinski definition) is 3. The Labute approximate surface area is 152 Å². The molecule has 0 unspecified atom stereocenters. The number of aryl methyl sites for hydroxylation is 1. The van der Waals surface area contributed by atoms with Gasteiger partial charge in [0.15, 0.2) is 0 Å². The Bertz CT molecular complexity index is 990. The number of benzene rings is 2. The summed E-state index contributed by atoms with van der Waals surface area (Å²) >= 11 is 0. The number of H-pyrrole nitrogens is 1. The third-order valence-corrected chi connectivity index (χ3v) is 4.43. The number of aromatic nitrogens is 1. The number of hydrogen-bond donors (Lipinski definition) is 1. The number of methoxy groups -OCH3 is 1. The highest BCUT2D eigenvalue weighted by Crippen LogP contribution is 2.15. The Morgan fingerprint density at radius 2 is 1.85 bits per heavy atom. The summed E-state index contributed by atoms with van der Waals surface area (Å²) in [5.41, 5.74) is 3.23. The third kappa shape index (κ3) is 3.94. The van der Waals surface area contributed by atoms with Crippen LogP contribution in [0.25, 0.3) is 10.9 Å². The molecule has 1 aromatic heterocycles. The van der Waals surface area contributed by atoms with Crippen LogP contribution in [0.5, 0.6) is 5.75 Å². The average molecular weight is 350 g/mol. The van der Waals surface area contributed by atoms with Crippen LogP contribution in [0.1, 0.15) is 16.7 Å². The van der Waals surface area contributed by atoms with Gasteiger partial charge in [-0.25, -0.2) is 0 Å². The van der Waals surface area contributed by atoms with Crippen LogP contribution in [0.3, 0.4) is 0 Å². The Morgan fingerprint density at radius 1 is 1.12 bits per heavy atom. The normalized spacial score (nSPS) is 10.7. The molecule has 0 atom stereocenters. The molecule has 0 aliphatic carbocycles. The molecule has 2 aromatic carbocycles. The third-order valence-electron chi connectivity index (χ3n) is 4.43. The van der Waals surface area contributed by atoms with E-state index in [1.807, 2.05) is 55.5 Å². The van der Waals surface area contributed by atoms with Crippen molar-refractivity contribution in [2.75, 3.05) is 14.2 Å². The number of fused-ring (bicyclic) bond motifs is 1. The summed E-state index contributed by atoms with van der Waals surface area (Å²) in [6, 6.07) is 15.2. The predicted octanol–water partition coefficient (Wildman–Crippen LogP) is 3.05. The molecule has 1 heterocycles. The molecule has 0 spiro atoms. The molecule has 0 saturated carbocycles. The highest BCUT2D eigenvalue weighted by molar-refractivity contribution is 5.80. The number of carbonyl (C=O) groups is 1. The Kier molecular flexibility index (Phi) is 5.07. The fourth-order valence-electron chi connectivity index (χ4n) is 2.87. The van der Waals surface area contributed by atoms with Crippen molar-refractivity contribution in [1.29, 1.82) is 0 Å². The zero-order chi connectivity index (χ0) is 18.7. The standard InChI is InChI=1S/C21H22N2O3/c1-14-4-7-16-12-17(21(25)22-19(16)10-14)13-23(2)20(24)11-15-5-8-18(26-3)9-6-15/h4-10,12H,11,13H2,1-3H3,(H,22,25). The SMILES string of the molecule is COc1ccc(CC(=O)N(C)Cc2cc3ccc(C)cc3[nH]c2=O)cc1. The van der Waals surface area contributed by atoms with Crippen LogP contribution in [0.2, 0.25) is 0 Å².